The molecule has 1 aliphatic carbocycles. The number of nitrogens with one attached hydrogen (secondary N) is 1. The Hall–Kier alpha value is -0.910. The summed E-state index contributed by atoms with van der Waals surface area (Å²) in [6.07, 6.45) is 1.95. The normalized spacial score (nSPS) is 16.3. The number of rotatable bonds is 6. The van der Waals surface area contributed by atoms with Crippen molar-refractivity contribution in [3.63, 3.8) is 0 Å². The third-order valence-electron chi connectivity index (χ3n) is 3.39. The molecule has 0 aliphatic heterocycles. The van der Waals surface area contributed by atoms with Crippen LogP contribution in [0.4, 0.5) is 0 Å². The van der Waals surface area contributed by atoms with Crippen LogP contribution in [0.5, 0.6) is 0 Å². The molecule has 4 nitrogen and oxygen atoms in total. The summed E-state index contributed by atoms with van der Waals surface area (Å²) >= 11 is 0. The Morgan fingerprint density at radius 1 is 1.32 bits per heavy atom. The van der Waals surface area contributed by atoms with Crippen LogP contribution in [-0.2, 0) is 16.6 Å². The summed E-state index contributed by atoms with van der Waals surface area (Å²) in [6.45, 7) is 4.67. The van der Waals surface area contributed by atoms with Gasteiger partial charge in [0.1, 0.15) is 0 Å². The van der Waals surface area contributed by atoms with Gasteiger partial charge in [0.2, 0.25) is 10.0 Å². The van der Waals surface area contributed by atoms with Gasteiger partial charge in [-0.1, -0.05) is 32.0 Å². The Balaban J connectivity index is 2.27. The van der Waals surface area contributed by atoms with E-state index in [1.165, 1.54) is 4.31 Å². The summed E-state index contributed by atoms with van der Waals surface area (Å²) in [5, 5.41) is 3.28. The van der Waals surface area contributed by atoms with Gasteiger partial charge in [-0.2, -0.15) is 4.31 Å². The van der Waals surface area contributed by atoms with Crippen molar-refractivity contribution in [1.82, 2.24) is 9.62 Å². The van der Waals surface area contributed by atoms with Crippen LogP contribution in [0.2, 0.25) is 0 Å². The first-order valence-electron chi connectivity index (χ1n) is 6.72. The molecule has 1 N–H and O–H groups in total. The van der Waals surface area contributed by atoms with E-state index in [-0.39, 0.29) is 6.04 Å². The van der Waals surface area contributed by atoms with E-state index >= 15 is 0 Å². The first-order chi connectivity index (χ1) is 8.93. The molecule has 2 rings (SSSR count). The Morgan fingerprint density at radius 2 is 1.95 bits per heavy atom. The van der Waals surface area contributed by atoms with Gasteiger partial charge in [-0.15, -0.1) is 0 Å². The van der Waals surface area contributed by atoms with Crippen molar-refractivity contribution < 1.29 is 8.42 Å². The molecule has 5 heteroatoms. The van der Waals surface area contributed by atoms with Crippen LogP contribution in [0.1, 0.15) is 32.3 Å². The molecular weight excluding hydrogens is 260 g/mol. The van der Waals surface area contributed by atoms with E-state index in [9.17, 15) is 8.42 Å². The van der Waals surface area contributed by atoms with E-state index in [1.807, 2.05) is 26.0 Å². The minimum atomic E-state index is -3.36. The third kappa shape index (κ3) is 3.35. The quantitative estimate of drug-likeness (QED) is 0.868. The maximum Gasteiger partial charge on any atom is 0.243 e. The second-order valence-electron chi connectivity index (χ2n) is 5.40. The van der Waals surface area contributed by atoms with Crippen LogP contribution in [0.15, 0.2) is 29.2 Å². The fourth-order valence-electron chi connectivity index (χ4n) is 2.01. The van der Waals surface area contributed by atoms with Crippen LogP contribution in [-0.4, -0.2) is 31.9 Å². The van der Waals surface area contributed by atoms with Gasteiger partial charge in [0.05, 0.1) is 4.90 Å². The van der Waals surface area contributed by atoms with Gasteiger partial charge >= 0.3 is 0 Å². The number of hydrogen-bond acceptors (Lipinski definition) is 3. The van der Waals surface area contributed by atoms with Crippen molar-refractivity contribution in [3.05, 3.63) is 29.8 Å². The van der Waals surface area contributed by atoms with E-state index in [2.05, 4.69) is 5.32 Å². The summed E-state index contributed by atoms with van der Waals surface area (Å²) < 4.78 is 26.7. The topological polar surface area (TPSA) is 49.4 Å². The largest absolute Gasteiger partial charge is 0.310 e. The van der Waals surface area contributed by atoms with Crippen molar-refractivity contribution in [2.75, 3.05) is 7.05 Å². The Kier molecular flexibility index (Phi) is 4.28. The van der Waals surface area contributed by atoms with Gasteiger partial charge < -0.3 is 5.32 Å². The molecule has 0 saturated heterocycles. The average Bonchev–Trinajstić information content (AvgIpc) is 3.20. The van der Waals surface area contributed by atoms with E-state index in [0.29, 0.717) is 17.5 Å². The fraction of sp³-hybridized carbons (Fsp3) is 0.571. The molecule has 1 fully saturated rings. The lowest BCUT2D eigenvalue weighted by Crippen LogP contribution is -2.31. The molecule has 0 atom stereocenters. The summed E-state index contributed by atoms with van der Waals surface area (Å²) in [5.41, 5.74) is 0.837. The number of sulfonamides is 1. The maximum atomic E-state index is 12.6. The molecule has 106 valence electrons. The van der Waals surface area contributed by atoms with Gasteiger partial charge in [0.25, 0.3) is 0 Å². The molecule has 19 heavy (non-hydrogen) atoms. The second kappa shape index (κ2) is 5.61. The zero-order valence-electron chi connectivity index (χ0n) is 11.8. The van der Waals surface area contributed by atoms with E-state index in [4.69, 9.17) is 0 Å². The maximum absolute atomic E-state index is 12.6. The van der Waals surface area contributed by atoms with Gasteiger partial charge in [-0.3, -0.25) is 0 Å². The van der Waals surface area contributed by atoms with Crippen LogP contribution in [0.3, 0.4) is 0 Å². The standard InChI is InChI=1S/C14H22N2O2S/c1-11(2)15-10-12-6-4-5-7-14(12)19(17,18)16(3)13-8-9-13/h4-7,11,13,15H,8-10H2,1-3H3. The molecule has 0 radical (unpaired) electrons. The summed E-state index contributed by atoms with van der Waals surface area (Å²) in [6, 6.07) is 7.77. The summed E-state index contributed by atoms with van der Waals surface area (Å²) in [7, 11) is -1.68. The lowest BCUT2D eigenvalue weighted by molar-refractivity contribution is 0.462. The highest BCUT2D eigenvalue weighted by atomic mass is 32.2. The molecule has 0 bridgehead atoms. The molecule has 1 saturated carbocycles. The van der Waals surface area contributed by atoms with Crippen molar-refractivity contribution in [1.29, 1.82) is 0 Å². The van der Waals surface area contributed by atoms with Gasteiger partial charge in [-0.25, -0.2) is 8.42 Å². The Labute approximate surface area is 115 Å². The highest BCUT2D eigenvalue weighted by Gasteiger charge is 2.35. The zero-order valence-corrected chi connectivity index (χ0v) is 12.6. The Bertz CT molecular complexity index is 536. The molecule has 1 aliphatic rings. The van der Waals surface area contributed by atoms with Crippen molar-refractivity contribution in [2.45, 2.75) is 50.2 Å². The fourth-order valence-corrected chi connectivity index (χ4v) is 3.64. The molecular formula is C14H22N2O2S. The number of hydrogen-bond donors (Lipinski definition) is 1. The molecule has 1 aromatic carbocycles. The van der Waals surface area contributed by atoms with Crippen LogP contribution in [0, 0.1) is 0 Å². The minimum Gasteiger partial charge on any atom is -0.310 e. The first kappa shape index (κ1) is 14.5. The molecule has 0 unspecified atom stereocenters. The summed E-state index contributed by atoms with van der Waals surface area (Å²) in [5.74, 6) is 0. The Morgan fingerprint density at radius 3 is 2.53 bits per heavy atom. The molecule has 0 heterocycles. The molecule has 0 amide bonds. The average molecular weight is 282 g/mol. The predicted molar refractivity (Wildman–Crippen MR) is 76.4 cm³/mol. The van der Waals surface area contributed by atoms with Crippen molar-refractivity contribution in [3.8, 4) is 0 Å². The van der Waals surface area contributed by atoms with Crippen LogP contribution in [0.25, 0.3) is 0 Å². The first-order valence-corrected chi connectivity index (χ1v) is 8.16. The van der Waals surface area contributed by atoms with Crippen LogP contribution >= 0.6 is 0 Å². The number of nitrogens with zero attached hydrogens (tertiary/aromatic N) is 1. The highest BCUT2D eigenvalue weighted by molar-refractivity contribution is 7.89. The number of benzene rings is 1. The third-order valence-corrected chi connectivity index (χ3v) is 5.40. The van der Waals surface area contributed by atoms with Gasteiger partial charge in [-0.05, 0) is 24.5 Å². The van der Waals surface area contributed by atoms with Crippen molar-refractivity contribution in [2.24, 2.45) is 0 Å². The van der Waals surface area contributed by atoms with Gasteiger partial charge in [0.15, 0.2) is 0 Å². The zero-order chi connectivity index (χ0) is 14.0. The predicted octanol–water partition coefficient (Wildman–Crippen LogP) is 1.97. The molecule has 1 aromatic rings. The highest BCUT2D eigenvalue weighted by Crippen LogP contribution is 2.31. The smallest absolute Gasteiger partial charge is 0.243 e. The minimum absolute atomic E-state index is 0.191. The molecule has 0 spiro atoms. The van der Waals surface area contributed by atoms with Crippen molar-refractivity contribution >= 4 is 10.0 Å². The van der Waals surface area contributed by atoms with E-state index in [1.54, 1.807) is 19.2 Å². The van der Waals surface area contributed by atoms with Crippen LogP contribution < -0.4 is 5.32 Å². The monoisotopic (exact) mass is 282 g/mol. The van der Waals surface area contributed by atoms with E-state index in [0.717, 1.165) is 18.4 Å². The molecule has 0 aromatic heterocycles. The lowest BCUT2D eigenvalue weighted by Gasteiger charge is -2.19. The van der Waals surface area contributed by atoms with Gasteiger partial charge in [0, 0.05) is 25.7 Å². The SMILES string of the molecule is CC(C)NCc1ccccc1S(=O)(=O)N(C)C1CC1. The lowest BCUT2D eigenvalue weighted by atomic mass is 10.2. The second-order valence-corrected chi connectivity index (χ2v) is 7.36. The van der Waals surface area contributed by atoms with E-state index < -0.39 is 10.0 Å². The summed E-state index contributed by atoms with van der Waals surface area (Å²) in [4.78, 5) is 0.428.